The molecule has 0 saturated heterocycles. The Morgan fingerprint density at radius 1 is 1.35 bits per heavy atom. The lowest BCUT2D eigenvalue weighted by molar-refractivity contribution is 0.102. The van der Waals surface area contributed by atoms with Crippen LogP contribution in [0.2, 0.25) is 5.15 Å². The zero-order valence-electron chi connectivity index (χ0n) is 11.0. The van der Waals surface area contributed by atoms with Gasteiger partial charge in [-0.05, 0) is 59.3 Å². The van der Waals surface area contributed by atoms with E-state index in [2.05, 4.69) is 39.8 Å². The number of nitrogens with zero attached hydrogens (tertiary/aromatic N) is 1. The van der Waals surface area contributed by atoms with Gasteiger partial charge in [0.25, 0.3) is 5.91 Å². The van der Waals surface area contributed by atoms with Crippen LogP contribution in [-0.4, -0.2) is 10.9 Å². The quantitative estimate of drug-likeness (QED) is 0.604. The van der Waals surface area contributed by atoms with Gasteiger partial charge in [0.1, 0.15) is 5.15 Å². The number of pyridine rings is 1. The van der Waals surface area contributed by atoms with Gasteiger partial charge in [-0.2, -0.15) is 0 Å². The molecular weight excluding hydrogens is 387 g/mol. The normalized spacial score (nSPS) is 10.3. The lowest BCUT2D eigenvalue weighted by Gasteiger charge is -2.07. The van der Waals surface area contributed by atoms with E-state index in [9.17, 15) is 4.79 Å². The molecule has 104 valence electrons. The minimum atomic E-state index is -0.173. The maximum atomic E-state index is 12.2. The predicted octanol–water partition coefficient (Wildman–Crippen LogP) is 4.54. The Kier molecular flexibility index (Phi) is 5.37. The van der Waals surface area contributed by atoms with Crippen molar-refractivity contribution in [2.45, 2.75) is 19.8 Å². The molecule has 1 amide bonds. The first-order chi connectivity index (χ1) is 9.58. The Hall–Kier alpha value is -1.14. The molecule has 3 nitrogen and oxygen atoms in total. The zero-order valence-corrected chi connectivity index (χ0v) is 13.9. The van der Waals surface area contributed by atoms with Crippen LogP contribution in [0, 0.1) is 3.57 Å². The minimum absolute atomic E-state index is 0.173. The molecule has 5 heteroatoms. The number of anilines is 1. The van der Waals surface area contributed by atoms with E-state index in [1.807, 2.05) is 24.3 Å². The largest absolute Gasteiger partial charge is 0.322 e. The Labute approximate surface area is 136 Å². The SMILES string of the molecule is CCCc1cc(C(=O)Nc2cccc(I)c2)cc(Cl)n1. The van der Waals surface area contributed by atoms with Crippen molar-refractivity contribution < 1.29 is 4.79 Å². The van der Waals surface area contributed by atoms with Crippen molar-refractivity contribution in [3.8, 4) is 0 Å². The van der Waals surface area contributed by atoms with Crippen molar-refractivity contribution in [1.29, 1.82) is 0 Å². The molecular formula is C15H14ClIN2O. The van der Waals surface area contributed by atoms with Crippen LogP contribution in [0.15, 0.2) is 36.4 Å². The van der Waals surface area contributed by atoms with Crippen molar-refractivity contribution in [2.24, 2.45) is 0 Å². The zero-order chi connectivity index (χ0) is 14.5. The number of aryl methyl sites for hydroxylation is 1. The Balaban J connectivity index is 2.20. The number of benzene rings is 1. The predicted molar refractivity (Wildman–Crippen MR) is 90.4 cm³/mol. The first kappa shape index (κ1) is 15.3. The number of nitrogens with one attached hydrogen (secondary N) is 1. The van der Waals surface area contributed by atoms with Crippen molar-refractivity contribution in [3.05, 3.63) is 56.4 Å². The van der Waals surface area contributed by atoms with Crippen LogP contribution < -0.4 is 5.32 Å². The Morgan fingerprint density at radius 2 is 2.15 bits per heavy atom. The first-order valence-corrected chi connectivity index (χ1v) is 7.77. The van der Waals surface area contributed by atoms with E-state index in [1.165, 1.54) is 0 Å². The monoisotopic (exact) mass is 400 g/mol. The van der Waals surface area contributed by atoms with E-state index in [0.717, 1.165) is 27.8 Å². The molecule has 0 unspecified atom stereocenters. The van der Waals surface area contributed by atoms with Gasteiger partial charge in [-0.1, -0.05) is 31.0 Å². The number of rotatable bonds is 4. The molecule has 0 atom stereocenters. The van der Waals surface area contributed by atoms with Crippen molar-refractivity contribution >= 4 is 45.8 Å². The molecule has 0 radical (unpaired) electrons. The second kappa shape index (κ2) is 7.04. The standard InChI is InChI=1S/C15H14ClIN2O/c1-2-4-12-7-10(8-14(16)18-12)15(20)19-13-6-3-5-11(17)9-13/h3,5-9H,2,4H2,1H3,(H,19,20). The van der Waals surface area contributed by atoms with Crippen molar-refractivity contribution in [1.82, 2.24) is 4.98 Å². The molecule has 1 N–H and O–H groups in total. The van der Waals surface area contributed by atoms with Crippen LogP contribution in [-0.2, 0) is 6.42 Å². The first-order valence-electron chi connectivity index (χ1n) is 6.32. The lowest BCUT2D eigenvalue weighted by Crippen LogP contribution is -2.13. The van der Waals surface area contributed by atoms with Crippen LogP contribution in [0.1, 0.15) is 29.4 Å². The van der Waals surface area contributed by atoms with Gasteiger partial charge in [0.15, 0.2) is 0 Å². The number of aromatic nitrogens is 1. The van der Waals surface area contributed by atoms with Gasteiger partial charge in [-0.3, -0.25) is 4.79 Å². The number of amides is 1. The number of hydrogen-bond acceptors (Lipinski definition) is 2. The van der Waals surface area contributed by atoms with E-state index in [0.29, 0.717) is 10.7 Å². The number of hydrogen-bond donors (Lipinski definition) is 1. The third-order valence-corrected chi connectivity index (χ3v) is 3.56. The van der Waals surface area contributed by atoms with Gasteiger partial charge in [-0.25, -0.2) is 4.98 Å². The minimum Gasteiger partial charge on any atom is -0.322 e. The summed E-state index contributed by atoms with van der Waals surface area (Å²) in [5.41, 5.74) is 2.15. The maximum absolute atomic E-state index is 12.2. The molecule has 0 aliphatic heterocycles. The van der Waals surface area contributed by atoms with Crippen molar-refractivity contribution in [2.75, 3.05) is 5.32 Å². The molecule has 0 aliphatic rings. The highest BCUT2D eigenvalue weighted by Crippen LogP contribution is 2.16. The summed E-state index contributed by atoms with van der Waals surface area (Å²) in [5, 5.41) is 3.22. The Morgan fingerprint density at radius 3 is 2.85 bits per heavy atom. The van der Waals surface area contributed by atoms with Gasteiger partial charge in [-0.15, -0.1) is 0 Å². The van der Waals surface area contributed by atoms with E-state index in [4.69, 9.17) is 11.6 Å². The second-order valence-corrected chi connectivity index (χ2v) is 6.02. The average molecular weight is 401 g/mol. The highest BCUT2D eigenvalue weighted by Gasteiger charge is 2.09. The number of halogens is 2. The van der Waals surface area contributed by atoms with E-state index < -0.39 is 0 Å². The summed E-state index contributed by atoms with van der Waals surface area (Å²) >= 11 is 8.17. The topological polar surface area (TPSA) is 42.0 Å². The molecule has 1 aromatic carbocycles. The molecule has 2 rings (SSSR count). The molecule has 0 fully saturated rings. The highest BCUT2D eigenvalue weighted by atomic mass is 127. The molecule has 20 heavy (non-hydrogen) atoms. The third kappa shape index (κ3) is 4.18. The van der Waals surface area contributed by atoms with Crippen LogP contribution in [0.25, 0.3) is 0 Å². The van der Waals surface area contributed by atoms with Crippen LogP contribution >= 0.6 is 34.2 Å². The van der Waals surface area contributed by atoms with Crippen LogP contribution in [0.3, 0.4) is 0 Å². The van der Waals surface area contributed by atoms with E-state index >= 15 is 0 Å². The fraction of sp³-hybridized carbons (Fsp3) is 0.200. The van der Waals surface area contributed by atoms with Gasteiger partial charge in [0.05, 0.1) is 0 Å². The summed E-state index contributed by atoms with van der Waals surface area (Å²) in [7, 11) is 0. The molecule has 0 aliphatic carbocycles. The van der Waals surface area contributed by atoms with Crippen LogP contribution in [0.4, 0.5) is 5.69 Å². The summed E-state index contributed by atoms with van der Waals surface area (Å²) in [5.74, 6) is -0.173. The van der Waals surface area contributed by atoms with Gasteiger partial charge >= 0.3 is 0 Å². The summed E-state index contributed by atoms with van der Waals surface area (Å²) in [6.07, 6.45) is 1.77. The van der Waals surface area contributed by atoms with Crippen molar-refractivity contribution in [3.63, 3.8) is 0 Å². The third-order valence-electron chi connectivity index (χ3n) is 2.70. The molecule has 2 aromatic rings. The molecule has 1 heterocycles. The molecule has 0 spiro atoms. The summed E-state index contributed by atoms with van der Waals surface area (Å²) in [4.78, 5) is 16.4. The average Bonchev–Trinajstić information content (AvgIpc) is 2.38. The fourth-order valence-electron chi connectivity index (χ4n) is 1.84. The van der Waals surface area contributed by atoms with Gasteiger partial charge in [0.2, 0.25) is 0 Å². The number of carbonyl (C=O) groups excluding carboxylic acids is 1. The lowest BCUT2D eigenvalue weighted by atomic mass is 10.1. The fourth-order valence-corrected chi connectivity index (χ4v) is 2.61. The highest BCUT2D eigenvalue weighted by molar-refractivity contribution is 14.1. The molecule has 0 saturated carbocycles. The summed E-state index contributed by atoms with van der Waals surface area (Å²) in [6, 6.07) is 11.0. The maximum Gasteiger partial charge on any atom is 0.255 e. The van der Waals surface area contributed by atoms with E-state index in [-0.39, 0.29) is 5.91 Å². The smallest absolute Gasteiger partial charge is 0.255 e. The Bertz CT molecular complexity index is 631. The number of carbonyl (C=O) groups is 1. The summed E-state index contributed by atoms with van der Waals surface area (Å²) < 4.78 is 1.07. The molecule has 1 aromatic heterocycles. The van der Waals surface area contributed by atoms with Gasteiger partial charge in [0, 0.05) is 20.5 Å². The molecule has 0 bridgehead atoms. The second-order valence-electron chi connectivity index (χ2n) is 4.38. The van der Waals surface area contributed by atoms with Gasteiger partial charge < -0.3 is 5.32 Å². The van der Waals surface area contributed by atoms with E-state index in [1.54, 1.807) is 12.1 Å². The van der Waals surface area contributed by atoms with Crippen LogP contribution in [0.5, 0.6) is 0 Å². The summed E-state index contributed by atoms with van der Waals surface area (Å²) in [6.45, 7) is 2.06.